The van der Waals surface area contributed by atoms with Crippen molar-refractivity contribution in [3.63, 3.8) is 0 Å². The zero-order chi connectivity index (χ0) is 29.8. The lowest BCUT2D eigenvalue weighted by molar-refractivity contribution is -0.138. The molecule has 3 aromatic carbocycles. The summed E-state index contributed by atoms with van der Waals surface area (Å²) in [5.41, 5.74) is 2.37. The van der Waals surface area contributed by atoms with E-state index in [0.717, 1.165) is 5.56 Å². The van der Waals surface area contributed by atoms with Gasteiger partial charge < -0.3 is 23.7 Å². The van der Waals surface area contributed by atoms with Crippen LogP contribution in [-0.4, -0.2) is 45.6 Å². The summed E-state index contributed by atoms with van der Waals surface area (Å²) in [5.74, 6) is 1.45. The topological polar surface area (TPSA) is 97.6 Å². The third-order valence-corrected chi connectivity index (χ3v) is 7.80. The fourth-order valence-electron chi connectivity index (χ4n) is 4.95. The molecule has 9 nitrogen and oxygen atoms in total. The molecule has 1 atom stereocenters. The maximum atomic E-state index is 14.2. The highest BCUT2D eigenvalue weighted by Crippen LogP contribution is 2.38. The van der Waals surface area contributed by atoms with Gasteiger partial charge in [0.1, 0.15) is 0 Å². The summed E-state index contributed by atoms with van der Waals surface area (Å²) in [7, 11) is 6.18. The first-order valence-corrected chi connectivity index (χ1v) is 14.0. The highest BCUT2D eigenvalue weighted by atomic mass is 32.1. The monoisotopic (exact) mass is 586 g/mol. The van der Waals surface area contributed by atoms with Gasteiger partial charge in [0, 0.05) is 11.1 Å². The number of carbonyl (C=O) groups is 1. The van der Waals surface area contributed by atoms with E-state index >= 15 is 0 Å². The predicted molar refractivity (Wildman–Crippen MR) is 160 cm³/mol. The van der Waals surface area contributed by atoms with Gasteiger partial charge in [-0.15, -0.1) is 0 Å². The van der Waals surface area contributed by atoms with Crippen molar-refractivity contribution < 1.29 is 28.5 Å². The molecule has 0 amide bonds. The summed E-state index contributed by atoms with van der Waals surface area (Å²) >= 11 is 1.22. The molecule has 5 rings (SSSR count). The van der Waals surface area contributed by atoms with Crippen LogP contribution in [0.5, 0.6) is 23.0 Å². The van der Waals surface area contributed by atoms with Crippen molar-refractivity contribution in [2.45, 2.75) is 13.0 Å². The molecule has 1 aliphatic rings. The molecule has 1 aromatic heterocycles. The molecule has 1 aliphatic heterocycles. The smallest absolute Gasteiger partial charge is 0.338 e. The molecule has 0 bridgehead atoms. The summed E-state index contributed by atoms with van der Waals surface area (Å²) in [6.07, 6.45) is 1.74. The number of methoxy groups -OCH3 is 4. The first-order valence-electron chi connectivity index (χ1n) is 13.2. The number of benzene rings is 3. The van der Waals surface area contributed by atoms with E-state index in [1.54, 1.807) is 52.5 Å². The van der Waals surface area contributed by atoms with E-state index in [9.17, 15) is 9.59 Å². The maximum Gasteiger partial charge on any atom is 0.338 e. The number of para-hydroxylation sites is 1. The third kappa shape index (κ3) is 5.16. The summed E-state index contributed by atoms with van der Waals surface area (Å²) in [4.78, 5) is 33.2. The number of hydrogen-bond acceptors (Lipinski definition) is 9. The van der Waals surface area contributed by atoms with Gasteiger partial charge >= 0.3 is 5.97 Å². The van der Waals surface area contributed by atoms with Crippen molar-refractivity contribution in [3.8, 4) is 23.0 Å². The molecule has 0 saturated heterocycles. The average molecular weight is 587 g/mol. The fourth-order valence-corrected chi connectivity index (χ4v) is 5.94. The quantitative estimate of drug-likeness (QED) is 0.274. The van der Waals surface area contributed by atoms with Crippen LogP contribution in [0, 0.1) is 0 Å². The number of ether oxygens (including phenoxy) is 5. The fraction of sp³-hybridized carbons (Fsp3) is 0.219. The van der Waals surface area contributed by atoms with Gasteiger partial charge in [-0.2, -0.15) is 0 Å². The van der Waals surface area contributed by atoms with Crippen LogP contribution in [0.15, 0.2) is 82.1 Å². The van der Waals surface area contributed by atoms with Gasteiger partial charge in [-0.25, -0.2) is 9.79 Å². The first-order chi connectivity index (χ1) is 20.4. The van der Waals surface area contributed by atoms with Gasteiger partial charge in [-0.3, -0.25) is 9.36 Å². The number of aromatic nitrogens is 1. The van der Waals surface area contributed by atoms with E-state index in [2.05, 4.69) is 0 Å². The zero-order valence-corrected chi connectivity index (χ0v) is 24.7. The van der Waals surface area contributed by atoms with Gasteiger partial charge in [0.2, 0.25) is 0 Å². The molecule has 2 heterocycles. The molecule has 216 valence electrons. The number of thiazole rings is 1. The third-order valence-electron chi connectivity index (χ3n) is 6.82. The van der Waals surface area contributed by atoms with E-state index in [4.69, 9.17) is 28.7 Å². The van der Waals surface area contributed by atoms with E-state index in [0.29, 0.717) is 49.2 Å². The Kier molecular flexibility index (Phi) is 8.44. The second kappa shape index (κ2) is 12.4. The van der Waals surface area contributed by atoms with Crippen LogP contribution < -0.4 is 33.8 Å². The van der Waals surface area contributed by atoms with Crippen LogP contribution in [0.3, 0.4) is 0 Å². The van der Waals surface area contributed by atoms with Crippen molar-refractivity contribution in [2.24, 2.45) is 4.99 Å². The molecular weight excluding hydrogens is 556 g/mol. The lowest BCUT2D eigenvalue weighted by atomic mass is 9.93. The Hall–Kier alpha value is -4.83. The molecule has 0 radical (unpaired) electrons. The summed E-state index contributed by atoms with van der Waals surface area (Å²) in [6.45, 7) is 1.89. The second-order valence-corrected chi connectivity index (χ2v) is 10.1. The Balaban J connectivity index is 1.85. The lowest BCUT2D eigenvalue weighted by Crippen LogP contribution is -2.40. The molecule has 42 heavy (non-hydrogen) atoms. The van der Waals surface area contributed by atoms with Gasteiger partial charge in [-0.05, 0) is 36.8 Å². The number of nitrogens with zero attached hydrogens (tertiary/aromatic N) is 2. The standard InChI is InChI=1S/C32H30N2O7S/c1-6-41-31(36)26-27(19-11-8-7-9-12-19)33-32-34(28(26)20-15-16-22(37-2)24(17-20)39-4)30(35)25(42-32)18-21-13-10-14-23(38-3)29(21)40-5/h7-18,28H,6H2,1-5H3/b25-18-/t28-/m0/s1. The van der Waals surface area contributed by atoms with Crippen molar-refractivity contribution in [1.29, 1.82) is 0 Å². The van der Waals surface area contributed by atoms with Gasteiger partial charge in [0.15, 0.2) is 27.8 Å². The molecule has 0 spiro atoms. The molecule has 0 N–H and O–H groups in total. The minimum atomic E-state index is -0.857. The lowest BCUT2D eigenvalue weighted by Gasteiger charge is -2.26. The van der Waals surface area contributed by atoms with Crippen molar-refractivity contribution >= 4 is 29.1 Å². The molecule has 10 heteroatoms. The summed E-state index contributed by atoms with van der Waals surface area (Å²) < 4.78 is 29.5. The number of fused-ring (bicyclic) bond motifs is 1. The van der Waals surface area contributed by atoms with E-state index < -0.39 is 12.0 Å². The molecule has 0 fully saturated rings. The number of rotatable bonds is 9. The Morgan fingerprint density at radius 3 is 2.31 bits per heavy atom. The first kappa shape index (κ1) is 28.7. The second-order valence-electron chi connectivity index (χ2n) is 9.13. The number of esters is 1. The zero-order valence-electron chi connectivity index (χ0n) is 23.9. The summed E-state index contributed by atoms with van der Waals surface area (Å²) in [6, 6.07) is 19.3. The average Bonchev–Trinajstić information content (AvgIpc) is 3.34. The van der Waals surface area contributed by atoms with Crippen LogP contribution in [0.25, 0.3) is 11.8 Å². The Morgan fingerprint density at radius 2 is 1.64 bits per heavy atom. The van der Waals surface area contributed by atoms with Gasteiger partial charge in [0.05, 0.1) is 56.9 Å². The SMILES string of the molecule is CCOC(=O)C1=C(c2ccccc2)N=c2s/c(=C\c3cccc(OC)c3OC)c(=O)n2[C@H]1c1ccc(OC)c(OC)c1. The molecule has 4 aromatic rings. The normalized spacial score (nSPS) is 14.6. The minimum Gasteiger partial charge on any atom is -0.493 e. The van der Waals surface area contributed by atoms with E-state index in [-0.39, 0.29) is 17.7 Å². The van der Waals surface area contributed by atoms with Crippen LogP contribution in [0.1, 0.15) is 29.7 Å². The largest absolute Gasteiger partial charge is 0.493 e. The van der Waals surface area contributed by atoms with E-state index in [1.165, 1.54) is 23.0 Å². The van der Waals surface area contributed by atoms with E-state index in [1.807, 2.05) is 48.5 Å². The Labute approximate surface area is 246 Å². The van der Waals surface area contributed by atoms with Crippen molar-refractivity contribution in [2.75, 3.05) is 35.0 Å². The van der Waals surface area contributed by atoms with Crippen LogP contribution >= 0.6 is 11.3 Å². The number of carbonyl (C=O) groups excluding carboxylic acids is 1. The van der Waals surface area contributed by atoms with Crippen molar-refractivity contribution in [1.82, 2.24) is 4.57 Å². The highest BCUT2D eigenvalue weighted by molar-refractivity contribution is 7.07. The molecule has 0 unspecified atom stereocenters. The number of hydrogen-bond donors (Lipinski definition) is 0. The summed E-state index contributed by atoms with van der Waals surface area (Å²) in [5, 5.41) is 0. The van der Waals surface area contributed by atoms with Gasteiger partial charge in [-0.1, -0.05) is 59.9 Å². The molecule has 0 aliphatic carbocycles. The maximum absolute atomic E-state index is 14.2. The minimum absolute atomic E-state index is 0.156. The van der Waals surface area contributed by atoms with Crippen LogP contribution in [0.2, 0.25) is 0 Å². The van der Waals surface area contributed by atoms with Gasteiger partial charge in [0.25, 0.3) is 5.56 Å². The van der Waals surface area contributed by atoms with Crippen LogP contribution in [-0.2, 0) is 9.53 Å². The predicted octanol–water partition coefficient (Wildman–Crippen LogP) is 3.97. The van der Waals surface area contributed by atoms with Crippen LogP contribution in [0.4, 0.5) is 0 Å². The molecular formula is C32H30N2O7S. The Morgan fingerprint density at radius 1 is 0.905 bits per heavy atom. The Bertz CT molecular complexity index is 1840. The van der Waals surface area contributed by atoms with Crippen molar-refractivity contribution in [3.05, 3.63) is 109 Å². The molecule has 0 saturated carbocycles. The highest BCUT2D eigenvalue weighted by Gasteiger charge is 2.35.